The van der Waals surface area contributed by atoms with Crippen molar-refractivity contribution in [2.45, 2.75) is 187 Å². The largest absolute Gasteiger partial charge is 0.481 e. The van der Waals surface area contributed by atoms with Crippen LogP contribution in [-0.4, -0.2) is 205 Å². The van der Waals surface area contributed by atoms with Crippen molar-refractivity contribution in [2.75, 3.05) is 18.5 Å². The number of amides is 13. The predicted molar refractivity (Wildman–Crippen MR) is 307 cm³/mol. The van der Waals surface area contributed by atoms with Crippen molar-refractivity contribution in [1.29, 1.82) is 0 Å². The molecule has 0 saturated heterocycles. The summed E-state index contributed by atoms with van der Waals surface area (Å²) in [5.74, 6) is -19.7. The molecule has 87 heavy (non-hydrogen) atoms. The quantitative estimate of drug-likeness (QED) is 0.0253. The number of hydrogen-bond acceptors (Lipinski definition) is 18. The van der Waals surface area contributed by atoms with Gasteiger partial charge < -0.3 is 95.5 Å². The summed E-state index contributed by atoms with van der Waals surface area (Å²) in [6.07, 6.45) is -6.22. The summed E-state index contributed by atoms with van der Waals surface area (Å²) in [6.45, 7) is 11.5. The fraction of sp³-hybridized carbons (Fsp3) is 0.692. The van der Waals surface area contributed by atoms with E-state index in [-0.39, 0.29) is 17.7 Å². The van der Waals surface area contributed by atoms with Gasteiger partial charge in [-0.1, -0.05) is 71.3 Å². The number of alkyl halides is 1. The Morgan fingerprint density at radius 2 is 0.724 bits per heavy atom. The van der Waals surface area contributed by atoms with Crippen LogP contribution in [0.5, 0.6) is 0 Å². The van der Waals surface area contributed by atoms with Crippen molar-refractivity contribution in [3.05, 3.63) is 0 Å². The minimum absolute atomic E-state index is 0.101. The molecule has 0 aliphatic heterocycles. The highest BCUT2D eigenvalue weighted by atomic mass is 79.9. The van der Waals surface area contributed by atoms with Gasteiger partial charge in [-0.2, -0.15) is 0 Å². The Kier molecular flexibility index (Phi) is 35.9. The summed E-state index contributed by atoms with van der Waals surface area (Å²) < 4.78 is 0. The highest BCUT2D eigenvalue weighted by Crippen LogP contribution is 2.12. The second-order valence-electron chi connectivity index (χ2n) is 21.8. The Labute approximate surface area is 510 Å². The van der Waals surface area contributed by atoms with Crippen LogP contribution in [0.3, 0.4) is 0 Å². The third-order valence-corrected chi connectivity index (χ3v) is 13.2. The summed E-state index contributed by atoms with van der Waals surface area (Å²) in [4.78, 5) is 206. The molecule has 0 heterocycles. The van der Waals surface area contributed by atoms with Crippen molar-refractivity contribution >= 4 is 111 Å². The molecule has 0 aliphatic carbocycles. The number of carbonyl (C=O) groups is 16. The zero-order valence-electron chi connectivity index (χ0n) is 49.9. The van der Waals surface area contributed by atoms with Crippen LogP contribution in [-0.2, 0) is 76.7 Å². The number of primary amides is 2. The number of nitrogens with one attached hydrogen (secondary N) is 11. The van der Waals surface area contributed by atoms with Gasteiger partial charge >= 0.3 is 17.9 Å². The molecule has 0 aromatic heterocycles. The number of rotatable bonds is 42. The summed E-state index contributed by atoms with van der Waals surface area (Å²) in [7, 11) is 0. The number of carboxylic acids is 3. The first-order valence-electron chi connectivity index (χ1n) is 27.7. The molecule has 20 N–H and O–H groups in total. The number of aliphatic hydroxyl groups excluding tert-OH is 2. The van der Waals surface area contributed by atoms with E-state index in [9.17, 15) is 97.1 Å². The molecule has 0 saturated carbocycles. The van der Waals surface area contributed by atoms with Crippen LogP contribution in [0.15, 0.2) is 0 Å². The molecule has 13 amide bonds. The summed E-state index contributed by atoms with van der Waals surface area (Å²) in [6, 6.07) is -15.8. The topological polar surface area (TPSA) is 559 Å². The average Bonchev–Trinajstić information content (AvgIpc) is 2.17. The van der Waals surface area contributed by atoms with Gasteiger partial charge in [-0.05, 0) is 62.7 Å². The van der Waals surface area contributed by atoms with Gasteiger partial charge in [0.2, 0.25) is 76.8 Å². The van der Waals surface area contributed by atoms with Gasteiger partial charge in [0.1, 0.15) is 60.4 Å². The monoisotopic (exact) mass is 1310 g/mol. The number of halogens is 1. The second kappa shape index (κ2) is 39.6. The van der Waals surface area contributed by atoms with Crippen LogP contribution in [0.25, 0.3) is 0 Å². The normalized spacial score (nSPS) is 14.9. The lowest BCUT2D eigenvalue weighted by molar-refractivity contribution is -0.140. The number of aliphatic hydroxyl groups is 2. The molecule has 0 spiro atoms. The molecule has 0 aromatic carbocycles. The summed E-state index contributed by atoms with van der Waals surface area (Å²) in [5.41, 5.74) is 10.8. The highest BCUT2D eigenvalue weighted by Gasteiger charge is 2.37. The van der Waals surface area contributed by atoms with Crippen LogP contribution in [0.4, 0.5) is 0 Å². The van der Waals surface area contributed by atoms with Gasteiger partial charge in [-0.3, -0.25) is 76.7 Å². The lowest BCUT2D eigenvalue weighted by Crippen LogP contribution is -2.62. The minimum atomic E-state index is -1.88. The smallest absolute Gasteiger partial charge is 0.303 e. The maximum atomic E-state index is 13.9. The molecule has 11 atom stereocenters. The van der Waals surface area contributed by atoms with Crippen LogP contribution in [0.2, 0.25) is 0 Å². The van der Waals surface area contributed by atoms with Crippen molar-refractivity contribution in [2.24, 2.45) is 35.1 Å². The molecule has 0 bridgehead atoms. The van der Waals surface area contributed by atoms with E-state index in [0.29, 0.717) is 0 Å². The highest BCUT2D eigenvalue weighted by molar-refractivity contribution is 9.09. The Morgan fingerprint density at radius 3 is 1.09 bits per heavy atom. The van der Waals surface area contributed by atoms with E-state index in [1.165, 1.54) is 27.7 Å². The Balaban J connectivity index is 6.35. The van der Waals surface area contributed by atoms with Gasteiger partial charge in [0.15, 0.2) is 0 Å². The molecular formula is C52H86BrN13O21. The first-order chi connectivity index (χ1) is 40.4. The van der Waals surface area contributed by atoms with Crippen molar-refractivity contribution in [3.8, 4) is 0 Å². The van der Waals surface area contributed by atoms with Crippen LogP contribution < -0.4 is 70.0 Å². The number of carbonyl (C=O) groups excluding carboxylic acids is 13. The first kappa shape index (κ1) is 78.9. The Hall–Kier alpha value is -8.08. The van der Waals surface area contributed by atoms with E-state index < -0.39 is 243 Å². The lowest BCUT2D eigenvalue weighted by atomic mass is 10.00. The van der Waals surface area contributed by atoms with Gasteiger partial charge in [0.05, 0.1) is 24.6 Å². The van der Waals surface area contributed by atoms with Gasteiger partial charge in [-0.15, -0.1) is 0 Å². The average molecular weight is 1310 g/mol. The number of carboxylic acid groups (broad SMARTS) is 3. The van der Waals surface area contributed by atoms with Crippen LogP contribution in [0.1, 0.15) is 120 Å². The fourth-order valence-corrected chi connectivity index (χ4v) is 8.10. The summed E-state index contributed by atoms with van der Waals surface area (Å²) in [5, 5.41) is 73.9. The maximum absolute atomic E-state index is 13.9. The predicted octanol–water partition coefficient (Wildman–Crippen LogP) is -5.92. The van der Waals surface area contributed by atoms with Crippen molar-refractivity contribution < 1.29 is 102 Å². The van der Waals surface area contributed by atoms with E-state index in [4.69, 9.17) is 16.6 Å². The number of aliphatic carboxylic acids is 3. The van der Waals surface area contributed by atoms with E-state index >= 15 is 0 Å². The van der Waals surface area contributed by atoms with E-state index in [1.54, 1.807) is 27.7 Å². The zero-order chi connectivity index (χ0) is 67.2. The summed E-state index contributed by atoms with van der Waals surface area (Å²) >= 11 is 2.89. The molecule has 0 aliphatic rings. The lowest BCUT2D eigenvalue weighted by Gasteiger charge is -2.29. The molecule has 0 aromatic rings. The van der Waals surface area contributed by atoms with Gasteiger partial charge in [0, 0.05) is 25.7 Å². The van der Waals surface area contributed by atoms with Crippen molar-refractivity contribution in [3.63, 3.8) is 0 Å². The zero-order valence-corrected chi connectivity index (χ0v) is 51.5. The molecule has 492 valence electrons. The minimum Gasteiger partial charge on any atom is -0.481 e. The third-order valence-electron chi connectivity index (χ3n) is 12.7. The maximum Gasteiger partial charge on any atom is 0.303 e. The van der Waals surface area contributed by atoms with Gasteiger partial charge in [0.25, 0.3) is 0 Å². The number of nitrogens with two attached hydrogens (primary N) is 2. The molecule has 0 radical (unpaired) electrons. The molecule has 35 heteroatoms. The van der Waals surface area contributed by atoms with Gasteiger partial charge in [-0.25, -0.2) is 0 Å². The second-order valence-corrected chi connectivity index (χ2v) is 22.3. The van der Waals surface area contributed by atoms with E-state index in [0.717, 1.165) is 6.92 Å². The first-order valence-corrected chi connectivity index (χ1v) is 28.9. The van der Waals surface area contributed by atoms with Crippen LogP contribution >= 0.6 is 15.9 Å². The molecule has 0 rings (SSSR count). The van der Waals surface area contributed by atoms with E-state index in [1.807, 2.05) is 0 Å². The Morgan fingerprint density at radius 1 is 0.391 bits per heavy atom. The van der Waals surface area contributed by atoms with Crippen LogP contribution in [0, 0.1) is 23.7 Å². The van der Waals surface area contributed by atoms with Crippen molar-refractivity contribution in [1.82, 2.24) is 58.5 Å². The molecule has 0 fully saturated rings. The Bertz CT molecular complexity index is 2460. The fourth-order valence-electron chi connectivity index (χ4n) is 7.94. The SMILES string of the molecule is CC(C)C[C@H](NC(=O)[C@H](CCC(N)=O)NC(=O)[C@H](CO)NC(=O)[C@@H](NC(=O)CNC(=O)[C@@H](NC(=O)[C@@H](NC(=O)[C@H](CCC(=O)O)NC(=O)[C@H](CCC(=O)O)NC(=O)CBr)[C@@H](C)O)C(C)C)C(C)C)C(=O)N[C@@H](CCC(=O)O)C(=O)N[C@H](C(N)=O)C(C)C. The molecule has 0 unspecified atom stereocenters. The standard InChI is InChI=1S/C52H86BrN13O21/c1-22(2)18-31(48(83)59-29(12-16-37(74)75)46(81)64-39(23(3)4)43(55)78)61-45(80)28(10-14-33(54)69)60-49(84)32(21-67)62-51(86)41(25(7)8)63-35(71)20-56-50(85)40(24(5)6)65-52(87)42(26(9)68)66-47(82)30(13-17-38(76)77)58-44(79)27(11-15-36(72)73)57-34(70)19-53/h22-32,39-42,67-68H,10-21H2,1-9H3,(H2,54,69)(H2,55,78)(H,56,85)(H,57,70)(H,58,79)(H,59,83)(H,60,84)(H,61,80)(H,62,86)(H,63,71)(H,64,81)(H,65,87)(H,66,82)(H,72,73)(H,74,75)(H,76,77)/t26-,27+,28+,29+,30+,31+,32+,39+,40+,41+,42+/m1/s1. The van der Waals surface area contributed by atoms with E-state index in [2.05, 4.69) is 74.4 Å². The number of hydrogen-bond donors (Lipinski definition) is 18. The third kappa shape index (κ3) is 30.7. The molecular weight excluding hydrogens is 1220 g/mol. The molecule has 34 nitrogen and oxygen atoms in total.